The molecule has 8 nitrogen and oxygen atoms in total. The van der Waals surface area contributed by atoms with Crippen molar-refractivity contribution in [1.29, 1.82) is 0 Å². The molecule has 0 spiro atoms. The molecule has 148 valence electrons. The molecular formula is C20H18N4O4S. The summed E-state index contributed by atoms with van der Waals surface area (Å²) in [5, 5.41) is 14.6. The van der Waals surface area contributed by atoms with Gasteiger partial charge in [-0.2, -0.15) is 0 Å². The van der Waals surface area contributed by atoms with Gasteiger partial charge in [0.2, 0.25) is 23.7 Å². The molecule has 4 rings (SSSR count). The number of nitrogens with one attached hydrogen (secondary N) is 2. The molecule has 0 saturated carbocycles. The zero-order valence-electron chi connectivity index (χ0n) is 15.5. The van der Waals surface area contributed by atoms with E-state index in [1.807, 2.05) is 48.5 Å². The Hall–Kier alpha value is -3.46. The Bertz CT molecular complexity index is 1040. The monoisotopic (exact) mass is 410 g/mol. The summed E-state index contributed by atoms with van der Waals surface area (Å²) in [6, 6.07) is 14.3. The number of anilines is 1. The van der Waals surface area contributed by atoms with Gasteiger partial charge in [-0.25, -0.2) is 0 Å². The Balaban J connectivity index is 1.47. The van der Waals surface area contributed by atoms with Crippen molar-refractivity contribution in [3.8, 4) is 22.1 Å². The lowest BCUT2D eigenvalue weighted by atomic mass is 10.1. The molecule has 0 unspecified atom stereocenters. The van der Waals surface area contributed by atoms with Crippen LogP contribution in [-0.4, -0.2) is 34.8 Å². The van der Waals surface area contributed by atoms with Crippen LogP contribution in [0.4, 0.5) is 5.13 Å². The number of hydrogen-bond donors (Lipinski definition) is 2. The third-order valence-corrected chi connectivity index (χ3v) is 5.14. The second-order valence-corrected chi connectivity index (χ2v) is 7.39. The van der Waals surface area contributed by atoms with Crippen LogP contribution in [0.15, 0.2) is 48.5 Å². The largest absolute Gasteiger partial charge is 0.454 e. The standard InChI is InChI=1S/C20H18N4O4S/c1-12(25)21-15(9-13-5-3-2-4-6-13)18(26)22-20-24-23-19(29-20)14-7-8-16-17(10-14)28-11-27-16/h2-8,10,15H,9,11H2,1H3,(H,21,25)(H,22,24,26)/t15-/m0/s1. The van der Waals surface area contributed by atoms with Gasteiger partial charge in [0.1, 0.15) is 11.0 Å². The molecule has 29 heavy (non-hydrogen) atoms. The number of carbonyl (C=O) groups is 2. The van der Waals surface area contributed by atoms with Crippen molar-refractivity contribution in [3.63, 3.8) is 0 Å². The van der Waals surface area contributed by atoms with Crippen LogP contribution in [0.5, 0.6) is 11.5 Å². The smallest absolute Gasteiger partial charge is 0.249 e. The molecule has 1 aliphatic rings. The van der Waals surface area contributed by atoms with Gasteiger partial charge in [-0.15, -0.1) is 10.2 Å². The molecule has 0 bridgehead atoms. The van der Waals surface area contributed by atoms with E-state index in [1.54, 1.807) is 0 Å². The molecule has 2 heterocycles. The molecule has 0 radical (unpaired) electrons. The summed E-state index contributed by atoms with van der Waals surface area (Å²) < 4.78 is 10.7. The number of rotatable bonds is 6. The van der Waals surface area contributed by atoms with E-state index in [9.17, 15) is 9.59 Å². The first-order valence-corrected chi connectivity index (χ1v) is 9.75. The normalized spacial score (nSPS) is 13.0. The van der Waals surface area contributed by atoms with Gasteiger partial charge < -0.3 is 14.8 Å². The van der Waals surface area contributed by atoms with Crippen molar-refractivity contribution in [2.75, 3.05) is 12.1 Å². The van der Waals surface area contributed by atoms with E-state index in [0.717, 1.165) is 11.1 Å². The van der Waals surface area contributed by atoms with Gasteiger partial charge in [0.15, 0.2) is 11.5 Å². The molecule has 1 aliphatic heterocycles. The Morgan fingerprint density at radius 1 is 1.10 bits per heavy atom. The third-order valence-electron chi connectivity index (χ3n) is 4.25. The van der Waals surface area contributed by atoms with Crippen molar-refractivity contribution in [1.82, 2.24) is 15.5 Å². The van der Waals surface area contributed by atoms with Crippen LogP contribution in [-0.2, 0) is 16.0 Å². The fourth-order valence-corrected chi connectivity index (χ4v) is 3.66. The first kappa shape index (κ1) is 18.9. The average molecular weight is 410 g/mol. The van der Waals surface area contributed by atoms with Crippen LogP contribution in [0.25, 0.3) is 10.6 Å². The highest BCUT2D eigenvalue weighted by molar-refractivity contribution is 7.18. The minimum Gasteiger partial charge on any atom is -0.454 e. The highest BCUT2D eigenvalue weighted by Gasteiger charge is 2.22. The molecular weight excluding hydrogens is 392 g/mol. The number of amides is 2. The van der Waals surface area contributed by atoms with Crippen LogP contribution >= 0.6 is 11.3 Å². The van der Waals surface area contributed by atoms with E-state index in [2.05, 4.69) is 20.8 Å². The molecule has 1 aromatic heterocycles. The third kappa shape index (κ3) is 4.52. The minimum atomic E-state index is -0.715. The molecule has 0 saturated heterocycles. The van der Waals surface area contributed by atoms with Crippen molar-refractivity contribution in [2.45, 2.75) is 19.4 Å². The van der Waals surface area contributed by atoms with Crippen molar-refractivity contribution >= 4 is 28.3 Å². The molecule has 2 aromatic carbocycles. The first-order valence-electron chi connectivity index (χ1n) is 8.94. The average Bonchev–Trinajstić information content (AvgIpc) is 3.36. The lowest BCUT2D eigenvalue weighted by molar-refractivity contribution is -0.125. The minimum absolute atomic E-state index is 0.197. The van der Waals surface area contributed by atoms with Crippen molar-refractivity contribution in [3.05, 3.63) is 54.1 Å². The van der Waals surface area contributed by atoms with E-state index in [1.165, 1.54) is 18.3 Å². The van der Waals surface area contributed by atoms with Gasteiger partial charge >= 0.3 is 0 Å². The SMILES string of the molecule is CC(=O)N[C@@H](Cc1ccccc1)C(=O)Nc1nnc(-c2ccc3c(c2)OCO3)s1. The Kier molecular flexibility index (Phi) is 5.39. The maximum Gasteiger partial charge on any atom is 0.249 e. The maximum atomic E-state index is 12.7. The zero-order chi connectivity index (χ0) is 20.2. The highest BCUT2D eigenvalue weighted by Crippen LogP contribution is 2.37. The number of ether oxygens (including phenoxy) is 2. The van der Waals surface area contributed by atoms with Crippen molar-refractivity contribution in [2.24, 2.45) is 0 Å². The number of nitrogens with zero attached hydrogens (tertiary/aromatic N) is 2. The number of fused-ring (bicyclic) bond motifs is 1. The van der Waals surface area contributed by atoms with Crippen LogP contribution in [0, 0.1) is 0 Å². The second kappa shape index (κ2) is 8.27. The van der Waals surface area contributed by atoms with E-state index in [0.29, 0.717) is 28.1 Å². The van der Waals surface area contributed by atoms with E-state index in [4.69, 9.17) is 9.47 Å². The summed E-state index contributed by atoms with van der Waals surface area (Å²) in [6.07, 6.45) is 0.375. The van der Waals surface area contributed by atoms with Gasteiger partial charge in [-0.1, -0.05) is 41.7 Å². The Morgan fingerprint density at radius 2 is 1.90 bits per heavy atom. The van der Waals surface area contributed by atoms with Gasteiger partial charge in [0, 0.05) is 18.9 Å². The molecule has 2 amide bonds. The highest BCUT2D eigenvalue weighted by atomic mass is 32.1. The topological polar surface area (TPSA) is 102 Å². The van der Waals surface area contributed by atoms with Crippen molar-refractivity contribution < 1.29 is 19.1 Å². The quantitative estimate of drug-likeness (QED) is 0.648. The maximum absolute atomic E-state index is 12.7. The van der Waals surface area contributed by atoms with E-state index in [-0.39, 0.29) is 18.6 Å². The Labute approximate surface area is 170 Å². The lowest BCUT2D eigenvalue weighted by Gasteiger charge is -2.16. The molecule has 9 heteroatoms. The summed E-state index contributed by atoms with van der Waals surface area (Å²) in [7, 11) is 0. The fourth-order valence-electron chi connectivity index (χ4n) is 2.92. The summed E-state index contributed by atoms with van der Waals surface area (Å²) in [6.45, 7) is 1.58. The summed E-state index contributed by atoms with van der Waals surface area (Å²) in [4.78, 5) is 24.3. The zero-order valence-corrected chi connectivity index (χ0v) is 16.4. The summed E-state index contributed by atoms with van der Waals surface area (Å²) in [5.41, 5.74) is 1.76. The molecule has 3 aromatic rings. The van der Waals surface area contributed by atoms with Crippen LogP contribution in [0.2, 0.25) is 0 Å². The van der Waals surface area contributed by atoms with Gasteiger partial charge in [0.25, 0.3) is 0 Å². The van der Waals surface area contributed by atoms with Crippen LogP contribution < -0.4 is 20.1 Å². The van der Waals surface area contributed by atoms with E-state index < -0.39 is 6.04 Å². The van der Waals surface area contributed by atoms with Gasteiger partial charge in [-0.05, 0) is 23.8 Å². The molecule has 0 aliphatic carbocycles. The summed E-state index contributed by atoms with van der Waals surface area (Å²) in [5.74, 6) is 0.708. The lowest BCUT2D eigenvalue weighted by Crippen LogP contribution is -2.44. The fraction of sp³-hybridized carbons (Fsp3) is 0.200. The van der Waals surface area contributed by atoms with Gasteiger partial charge in [-0.3, -0.25) is 14.9 Å². The predicted molar refractivity (Wildman–Crippen MR) is 108 cm³/mol. The van der Waals surface area contributed by atoms with Crippen LogP contribution in [0.1, 0.15) is 12.5 Å². The number of aromatic nitrogens is 2. The van der Waals surface area contributed by atoms with Crippen LogP contribution in [0.3, 0.4) is 0 Å². The number of hydrogen-bond acceptors (Lipinski definition) is 7. The van der Waals surface area contributed by atoms with E-state index >= 15 is 0 Å². The molecule has 2 N–H and O–H groups in total. The number of benzene rings is 2. The molecule has 0 fully saturated rings. The molecule has 1 atom stereocenters. The van der Waals surface area contributed by atoms with Gasteiger partial charge in [0.05, 0.1) is 0 Å². The Morgan fingerprint density at radius 3 is 2.69 bits per heavy atom. The predicted octanol–water partition coefficient (Wildman–Crippen LogP) is 2.62. The number of carbonyl (C=O) groups excluding carboxylic acids is 2. The summed E-state index contributed by atoms with van der Waals surface area (Å²) >= 11 is 1.24. The second-order valence-electron chi connectivity index (χ2n) is 6.41. The first-order chi connectivity index (χ1) is 14.1.